The maximum Gasteiger partial charge on any atom is 0.0704 e. The Bertz CT molecular complexity index is 2630. The third-order valence-electron chi connectivity index (χ3n) is 10.4. The van der Waals surface area contributed by atoms with Crippen LogP contribution in [0.2, 0.25) is 0 Å². The molecule has 0 spiro atoms. The summed E-state index contributed by atoms with van der Waals surface area (Å²) in [7, 11) is 0. The van der Waals surface area contributed by atoms with Gasteiger partial charge in [-0.3, -0.25) is 24.9 Å². The molecule has 0 fully saturated rings. The summed E-state index contributed by atoms with van der Waals surface area (Å²) in [4.78, 5) is 20.5. The molecule has 0 atom stereocenters. The maximum atomic E-state index is 4.31. The van der Waals surface area contributed by atoms with E-state index in [1.165, 1.54) is 77.9 Å². The Morgan fingerprint density at radius 2 is 0.692 bits per heavy atom. The van der Waals surface area contributed by atoms with Crippen LogP contribution in [-0.4, -0.2) is 24.9 Å². The molecule has 0 N–H and O–H groups in total. The van der Waals surface area contributed by atoms with Crippen LogP contribution in [0.25, 0.3) is 55.8 Å². The summed E-state index contributed by atoms with van der Waals surface area (Å²) < 4.78 is 0. The number of rotatable bonds is 5. The second-order valence-electron chi connectivity index (χ2n) is 15.4. The van der Waals surface area contributed by atoms with Gasteiger partial charge in [-0.1, -0.05) is 151 Å². The van der Waals surface area contributed by atoms with E-state index < -0.39 is 0 Å². The van der Waals surface area contributed by atoms with Crippen LogP contribution in [0, 0.1) is 34.6 Å². The fraction of sp³-hybridized carbons (Fsp3) is 0.0833. The Labute approximate surface area is 385 Å². The largest absolute Gasteiger partial charge is 0.265 e. The molecule has 0 saturated carbocycles. The molecule has 5 aromatic heterocycles. The van der Waals surface area contributed by atoms with E-state index >= 15 is 0 Å². The van der Waals surface area contributed by atoms with Gasteiger partial charge in [0.25, 0.3) is 0 Å². The van der Waals surface area contributed by atoms with Crippen LogP contribution in [0.3, 0.4) is 0 Å². The van der Waals surface area contributed by atoms with Crippen molar-refractivity contribution in [1.82, 2.24) is 24.9 Å². The Balaban J connectivity index is 0.000000135. The summed E-state index contributed by atoms with van der Waals surface area (Å²) >= 11 is 0. The number of aryl methyl sites for hydroxylation is 5. The lowest BCUT2D eigenvalue weighted by Gasteiger charge is -2.03. The Morgan fingerprint density at radius 1 is 0.262 bits per heavy atom. The maximum absolute atomic E-state index is 4.31. The average Bonchev–Trinajstić information content (AvgIpc) is 3.37. The summed E-state index contributed by atoms with van der Waals surface area (Å²) in [6.07, 6.45) is 16.5. The van der Waals surface area contributed by atoms with Crippen LogP contribution >= 0.6 is 0 Å². The first-order valence-corrected chi connectivity index (χ1v) is 21.7. The molecule has 0 saturated heterocycles. The van der Waals surface area contributed by atoms with E-state index in [1.54, 1.807) is 12.4 Å². The molecule has 5 nitrogen and oxygen atoms in total. The van der Waals surface area contributed by atoms with Gasteiger partial charge in [0.15, 0.2) is 0 Å². The van der Waals surface area contributed by atoms with E-state index in [9.17, 15) is 0 Å². The standard InChI is InChI=1S/5C12H11N/c1-10-4-2-5-11(8-10)12-6-3-7-13-9-12;1-10-6-2-3-7-11(10)12-8-4-5-9-13-12;1-10-5-2-3-7-12(10)11-6-4-8-13-9-11;1-10-3-2-4-12(9-10)11-5-7-13-8-6-11;1-10-4-2-3-5-12(10)11-6-8-13-9-7-11/h5*2-9H,1H3. The number of pyridine rings is 5. The van der Waals surface area contributed by atoms with Gasteiger partial charge in [0.2, 0.25) is 0 Å². The minimum Gasteiger partial charge on any atom is -0.265 e. The Morgan fingerprint density at radius 3 is 1.15 bits per heavy atom. The van der Waals surface area contributed by atoms with Crippen molar-refractivity contribution in [2.75, 3.05) is 0 Å². The molecule has 0 aliphatic rings. The first-order valence-electron chi connectivity index (χ1n) is 21.7. The fourth-order valence-corrected chi connectivity index (χ4v) is 6.96. The fourth-order valence-electron chi connectivity index (χ4n) is 6.96. The predicted octanol–water partition coefficient (Wildman–Crippen LogP) is 15.3. The molecule has 5 aromatic carbocycles. The summed E-state index contributed by atoms with van der Waals surface area (Å²) in [5.74, 6) is 0. The van der Waals surface area contributed by atoms with Crippen LogP contribution in [0.5, 0.6) is 0 Å². The number of aromatic nitrogens is 5. The van der Waals surface area contributed by atoms with Crippen LogP contribution < -0.4 is 0 Å². The number of hydrogen-bond donors (Lipinski definition) is 0. The monoisotopic (exact) mass is 845 g/mol. The van der Waals surface area contributed by atoms with Crippen LogP contribution in [0.15, 0.2) is 244 Å². The molecule has 5 heterocycles. The average molecular weight is 846 g/mol. The lowest BCUT2D eigenvalue weighted by Crippen LogP contribution is -1.84. The van der Waals surface area contributed by atoms with Gasteiger partial charge in [-0.05, 0) is 139 Å². The van der Waals surface area contributed by atoms with Gasteiger partial charge in [0, 0.05) is 66.9 Å². The zero-order valence-corrected chi connectivity index (χ0v) is 37.8. The Hall–Kier alpha value is -8.15. The smallest absolute Gasteiger partial charge is 0.0704 e. The van der Waals surface area contributed by atoms with Crippen molar-refractivity contribution in [2.45, 2.75) is 34.6 Å². The molecule has 320 valence electrons. The minimum atomic E-state index is 1.04. The zero-order chi connectivity index (χ0) is 45.5. The van der Waals surface area contributed by atoms with Crippen molar-refractivity contribution in [3.05, 3.63) is 272 Å². The first kappa shape index (κ1) is 46.4. The quantitative estimate of drug-likeness (QED) is 0.173. The first-order chi connectivity index (χ1) is 31.9. The van der Waals surface area contributed by atoms with Crippen molar-refractivity contribution in [3.8, 4) is 55.8 Å². The highest BCUT2D eigenvalue weighted by atomic mass is 14.7. The van der Waals surface area contributed by atoms with E-state index in [0.717, 1.165) is 5.69 Å². The summed E-state index contributed by atoms with van der Waals surface area (Å²) in [5, 5.41) is 0. The molecule has 0 amide bonds. The van der Waals surface area contributed by atoms with Crippen molar-refractivity contribution >= 4 is 0 Å². The molecular formula is C60H55N5. The molecule has 65 heavy (non-hydrogen) atoms. The molecule has 5 heteroatoms. The minimum absolute atomic E-state index is 1.04. The summed E-state index contributed by atoms with van der Waals surface area (Å²) in [6, 6.07) is 64.0. The van der Waals surface area contributed by atoms with Gasteiger partial charge < -0.3 is 0 Å². The molecule has 10 aromatic rings. The number of nitrogens with zero attached hydrogens (tertiary/aromatic N) is 5. The lowest BCUT2D eigenvalue weighted by molar-refractivity contribution is 1.31. The molecule has 0 unspecified atom stereocenters. The van der Waals surface area contributed by atoms with Gasteiger partial charge >= 0.3 is 0 Å². The van der Waals surface area contributed by atoms with Crippen molar-refractivity contribution < 1.29 is 0 Å². The Kier molecular flexibility index (Phi) is 17.9. The van der Waals surface area contributed by atoms with Crippen LogP contribution in [0.4, 0.5) is 0 Å². The SMILES string of the molecule is Cc1cccc(-c2cccnc2)c1.Cc1cccc(-c2ccncc2)c1.Cc1ccccc1-c1ccccn1.Cc1ccccc1-c1cccnc1.Cc1ccccc1-c1ccncc1. The van der Waals surface area contributed by atoms with Crippen molar-refractivity contribution in [1.29, 1.82) is 0 Å². The van der Waals surface area contributed by atoms with Gasteiger partial charge in [-0.2, -0.15) is 0 Å². The highest BCUT2D eigenvalue weighted by molar-refractivity contribution is 5.68. The van der Waals surface area contributed by atoms with Gasteiger partial charge in [0.1, 0.15) is 0 Å². The molecular weight excluding hydrogens is 791 g/mol. The van der Waals surface area contributed by atoms with Crippen LogP contribution in [0.1, 0.15) is 27.8 Å². The third-order valence-corrected chi connectivity index (χ3v) is 10.4. The van der Waals surface area contributed by atoms with E-state index in [2.05, 4.69) is 181 Å². The molecule has 0 aliphatic carbocycles. The van der Waals surface area contributed by atoms with Crippen molar-refractivity contribution in [2.24, 2.45) is 0 Å². The van der Waals surface area contributed by atoms with E-state index in [1.807, 2.05) is 110 Å². The lowest BCUT2D eigenvalue weighted by atomic mass is 10.0. The van der Waals surface area contributed by atoms with E-state index in [4.69, 9.17) is 0 Å². The van der Waals surface area contributed by atoms with Crippen molar-refractivity contribution in [3.63, 3.8) is 0 Å². The van der Waals surface area contributed by atoms with Gasteiger partial charge in [-0.25, -0.2) is 0 Å². The highest BCUT2D eigenvalue weighted by Crippen LogP contribution is 2.24. The summed E-state index contributed by atoms with van der Waals surface area (Å²) in [5.41, 5.74) is 18.5. The van der Waals surface area contributed by atoms with E-state index in [0.29, 0.717) is 0 Å². The number of hydrogen-bond acceptors (Lipinski definition) is 5. The predicted molar refractivity (Wildman–Crippen MR) is 272 cm³/mol. The topological polar surface area (TPSA) is 64.5 Å². The third kappa shape index (κ3) is 14.7. The second kappa shape index (κ2) is 25.1. The normalized spacial score (nSPS) is 9.92. The van der Waals surface area contributed by atoms with E-state index in [-0.39, 0.29) is 0 Å². The number of benzene rings is 5. The van der Waals surface area contributed by atoms with Gasteiger partial charge in [-0.15, -0.1) is 0 Å². The van der Waals surface area contributed by atoms with Gasteiger partial charge in [0.05, 0.1) is 5.69 Å². The molecule has 10 rings (SSSR count). The highest BCUT2D eigenvalue weighted by Gasteiger charge is 2.02. The zero-order valence-electron chi connectivity index (χ0n) is 37.8. The summed E-state index contributed by atoms with van der Waals surface area (Å²) in [6.45, 7) is 10.5. The van der Waals surface area contributed by atoms with Crippen LogP contribution in [-0.2, 0) is 0 Å². The molecule has 0 bridgehead atoms. The molecule has 0 aliphatic heterocycles. The molecule has 0 radical (unpaired) electrons. The second-order valence-corrected chi connectivity index (χ2v) is 15.4.